The third-order valence-corrected chi connectivity index (χ3v) is 2.20. The molecule has 4 nitrogen and oxygen atoms in total. The van der Waals surface area contributed by atoms with Gasteiger partial charge in [-0.15, -0.1) is 0 Å². The molecule has 0 amide bonds. The van der Waals surface area contributed by atoms with E-state index < -0.39 is 11.2 Å². The lowest BCUT2D eigenvalue weighted by atomic mass is 10.0. The largest absolute Gasteiger partial charge is 0.460 e. The van der Waals surface area contributed by atoms with E-state index in [9.17, 15) is 9.59 Å². The summed E-state index contributed by atoms with van der Waals surface area (Å²) < 4.78 is 10.5. The minimum absolute atomic E-state index is 0.113. The molecule has 0 aromatic carbocycles. The molecule has 0 saturated carbocycles. The van der Waals surface area contributed by atoms with Gasteiger partial charge in [0.1, 0.15) is 11.2 Å². The van der Waals surface area contributed by atoms with Crippen molar-refractivity contribution in [3.05, 3.63) is 0 Å². The molecule has 0 spiro atoms. The van der Waals surface area contributed by atoms with E-state index in [-0.39, 0.29) is 17.9 Å². The van der Waals surface area contributed by atoms with Gasteiger partial charge in [0, 0.05) is 12.8 Å². The van der Waals surface area contributed by atoms with Crippen LogP contribution in [0.1, 0.15) is 67.7 Å². The van der Waals surface area contributed by atoms with Crippen LogP contribution in [0, 0.1) is 5.92 Å². The van der Waals surface area contributed by atoms with E-state index in [0.29, 0.717) is 19.3 Å². The first-order chi connectivity index (χ1) is 8.39. The van der Waals surface area contributed by atoms with Crippen molar-refractivity contribution in [2.45, 2.75) is 78.9 Å². The van der Waals surface area contributed by atoms with Crippen LogP contribution in [-0.4, -0.2) is 23.1 Å². The normalized spacial score (nSPS) is 13.8. The molecule has 0 fully saturated rings. The first-order valence-electron chi connectivity index (χ1n) is 6.83. The Morgan fingerprint density at radius 3 is 1.74 bits per heavy atom. The van der Waals surface area contributed by atoms with E-state index >= 15 is 0 Å². The molecule has 0 aromatic heterocycles. The van der Waals surface area contributed by atoms with Crippen LogP contribution in [-0.2, 0) is 19.1 Å². The summed E-state index contributed by atoms with van der Waals surface area (Å²) in [6, 6.07) is 0. The zero-order valence-electron chi connectivity index (χ0n) is 13.3. The molecule has 0 aromatic rings. The molecule has 0 aliphatic heterocycles. The molecule has 0 aliphatic carbocycles. The summed E-state index contributed by atoms with van der Waals surface area (Å²) in [6.07, 6.45) is 1.30. The second kappa shape index (κ2) is 6.92. The fourth-order valence-corrected chi connectivity index (χ4v) is 1.53. The average Bonchev–Trinajstić information content (AvgIpc) is 2.08. The number of carbonyl (C=O) groups excluding carboxylic acids is 2. The molecule has 0 bridgehead atoms. The van der Waals surface area contributed by atoms with Gasteiger partial charge in [0.15, 0.2) is 0 Å². The highest BCUT2D eigenvalue weighted by atomic mass is 16.6. The van der Waals surface area contributed by atoms with Gasteiger partial charge in [-0.3, -0.25) is 9.59 Å². The molecular formula is C15H28O4. The molecular weight excluding hydrogens is 244 g/mol. The Bertz CT molecular complexity index is 307. The minimum atomic E-state index is -0.456. The van der Waals surface area contributed by atoms with Crippen LogP contribution in [0.4, 0.5) is 0 Å². The Kier molecular flexibility index (Phi) is 6.53. The Hall–Kier alpha value is -1.06. The second-order valence-corrected chi connectivity index (χ2v) is 7.02. The summed E-state index contributed by atoms with van der Waals surface area (Å²) in [5.41, 5.74) is -0.909. The minimum Gasteiger partial charge on any atom is -0.460 e. The Morgan fingerprint density at radius 2 is 1.32 bits per heavy atom. The number of hydrogen-bond donors (Lipinski definition) is 0. The Morgan fingerprint density at radius 1 is 0.895 bits per heavy atom. The summed E-state index contributed by atoms with van der Waals surface area (Å²) >= 11 is 0. The van der Waals surface area contributed by atoms with Crippen molar-refractivity contribution >= 4 is 11.9 Å². The molecule has 0 heterocycles. The third-order valence-electron chi connectivity index (χ3n) is 2.20. The Balaban J connectivity index is 3.96. The lowest BCUT2D eigenvalue weighted by molar-refractivity contribution is -0.158. The van der Waals surface area contributed by atoms with Crippen LogP contribution in [0.3, 0.4) is 0 Å². The highest BCUT2D eigenvalue weighted by molar-refractivity contribution is 5.71. The van der Waals surface area contributed by atoms with Crippen molar-refractivity contribution in [1.29, 1.82) is 0 Å². The third kappa shape index (κ3) is 11.7. The smallest absolute Gasteiger partial charge is 0.306 e. The van der Waals surface area contributed by atoms with Crippen molar-refractivity contribution in [3.63, 3.8) is 0 Å². The molecule has 1 atom stereocenters. The lowest BCUT2D eigenvalue weighted by Gasteiger charge is -2.22. The van der Waals surface area contributed by atoms with Gasteiger partial charge in [0.05, 0.1) is 0 Å². The van der Waals surface area contributed by atoms with E-state index in [1.807, 2.05) is 48.5 Å². The topological polar surface area (TPSA) is 52.6 Å². The number of carbonyl (C=O) groups is 2. The van der Waals surface area contributed by atoms with E-state index in [4.69, 9.17) is 9.47 Å². The number of ether oxygens (including phenoxy) is 2. The maximum atomic E-state index is 11.6. The highest BCUT2D eigenvalue weighted by Crippen LogP contribution is 2.17. The number of rotatable bonds is 5. The second-order valence-electron chi connectivity index (χ2n) is 7.02. The van der Waals surface area contributed by atoms with Crippen molar-refractivity contribution in [2.75, 3.05) is 0 Å². The predicted octanol–water partition coefficient (Wildman–Crippen LogP) is 3.48. The maximum Gasteiger partial charge on any atom is 0.306 e. The van der Waals surface area contributed by atoms with Crippen molar-refractivity contribution in [2.24, 2.45) is 5.92 Å². The van der Waals surface area contributed by atoms with E-state index in [2.05, 4.69) is 0 Å². The van der Waals surface area contributed by atoms with E-state index in [1.165, 1.54) is 0 Å². The first kappa shape index (κ1) is 17.9. The van der Waals surface area contributed by atoms with Gasteiger partial charge in [-0.25, -0.2) is 0 Å². The van der Waals surface area contributed by atoms with Crippen LogP contribution in [0.25, 0.3) is 0 Å². The van der Waals surface area contributed by atoms with Crippen LogP contribution < -0.4 is 0 Å². The van der Waals surface area contributed by atoms with Crippen molar-refractivity contribution in [1.82, 2.24) is 0 Å². The van der Waals surface area contributed by atoms with Crippen LogP contribution in [0.2, 0.25) is 0 Å². The SMILES string of the molecule is C[C@@H](CCC(=O)OC(C)(C)C)CC(=O)OC(C)(C)C. The monoisotopic (exact) mass is 272 g/mol. The summed E-state index contributed by atoms with van der Waals surface area (Å²) in [4.78, 5) is 23.1. The molecule has 0 unspecified atom stereocenters. The zero-order valence-corrected chi connectivity index (χ0v) is 13.3. The average molecular weight is 272 g/mol. The zero-order chi connectivity index (χ0) is 15.3. The summed E-state index contributed by atoms with van der Waals surface area (Å²) in [5.74, 6) is -0.324. The standard InChI is InChI=1S/C15H28O4/c1-11(10-13(17)19-15(5,6)7)8-9-12(16)18-14(2,3)4/h11H,8-10H2,1-7H3/t11-/m0/s1. The van der Waals surface area contributed by atoms with E-state index in [0.717, 1.165) is 0 Å². The summed E-state index contributed by atoms with van der Waals surface area (Å²) in [5, 5.41) is 0. The van der Waals surface area contributed by atoms with Gasteiger partial charge in [0.2, 0.25) is 0 Å². The fraction of sp³-hybridized carbons (Fsp3) is 0.867. The van der Waals surface area contributed by atoms with Crippen molar-refractivity contribution < 1.29 is 19.1 Å². The van der Waals surface area contributed by atoms with Gasteiger partial charge in [0.25, 0.3) is 0 Å². The molecule has 0 N–H and O–H groups in total. The molecule has 0 saturated heterocycles. The van der Waals surface area contributed by atoms with Crippen LogP contribution in [0.15, 0.2) is 0 Å². The van der Waals surface area contributed by atoms with Crippen molar-refractivity contribution in [3.8, 4) is 0 Å². The molecule has 0 rings (SSSR count). The first-order valence-corrected chi connectivity index (χ1v) is 6.83. The van der Waals surface area contributed by atoms with Gasteiger partial charge >= 0.3 is 11.9 Å². The molecule has 112 valence electrons. The molecule has 19 heavy (non-hydrogen) atoms. The summed E-state index contributed by atoms with van der Waals surface area (Å²) in [6.45, 7) is 13.0. The molecule has 0 aliphatic rings. The summed E-state index contributed by atoms with van der Waals surface area (Å²) in [7, 11) is 0. The highest BCUT2D eigenvalue weighted by Gasteiger charge is 2.20. The lowest BCUT2D eigenvalue weighted by Crippen LogP contribution is -2.26. The van der Waals surface area contributed by atoms with Crippen LogP contribution >= 0.6 is 0 Å². The van der Waals surface area contributed by atoms with E-state index in [1.54, 1.807) is 0 Å². The van der Waals surface area contributed by atoms with Gasteiger partial charge in [-0.2, -0.15) is 0 Å². The Labute approximate surface area is 116 Å². The molecule has 0 radical (unpaired) electrons. The number of esters is 2. The van der Waals surface area contributed by atoms with Gasteiger partial charge < -0.3 is 9.47 Å². The number of hydrogen-bond acceptors (Lipinski definition) is 4. The maximum absolute atomic E-state index is 11.6. The fourth-order valence-electron chi connectivity index (χ4n) is 1.53. The molecule has 4 heteroatoms. The quantitative estimate of drug-likeness (QED) is 0.719. The van der Waals surface area contributed by atoms with Crippen LogP contribution in [0.5, 0.6) is 0 Å². The predicted molar refractivity (Wildman–Crippen MR) is 74.7 cm³/mol. The van der Waals surface area contributed by atoms with Gasteiger partial charge in [-0.1, -0.05) is 6.92 Å². The van der Waals surface area contributed by atoms with Gasteiger partial charge in [-0.05, 0) is 53.9 Å².